The number of hydrogen-bond acceptors (Lipinski definition) is 3. The molecule has 1 aliphatic rings. The van der Waals surface area contributed by atoms with Gasteiger partial charge in [-0.15, -0.1) is 0 Å². The average molecular weight is 668 g/mol. The molecule has 0 fully saturated rings. The molecular formula is C49H37N3. The SMILES string of the molecule is CC1(C)c2ccccc2-c2ccc(-c3nc(-c4ccccc4)nc(-c4cc5ccccc5c5c4ccc4c6ccccc6ccc45)n3)cc2C1(C)C. The Bertz CT molecular complexity index is 2900. The minimum Gasteiger partial charge on any atom is -0.208 e. The zero-order chi connectivity index (χ0) is 35.2. The van der Waals surface area contributed by atoms with Gasteiger partial charge in [-0.2, -0.15) is 0 Å². The van der Waals surface area contributed by atoms with Crippen molar-refractivity contribution in [1.82, 2.24) is 15.0 Å². The van der Waals surface area contributed by atoms with Gasteiger partial charge in [0.1, 0.15) is 0 Å². The summed E-state index contributed by atoms with van der Waals surface area (Å²) in [6.45, 7) is 9.48. The predicted octanol–water partition coefficient (Wildman–Crippen LogP) is 12.7. The maximum absolute atomic E-state index is 5.34. The van der Waals surface area contributed by atoms with Crippen molar-refractivity contribution in [2.24, 2.45) is 0 Å². The second-order valence-electron chi connectivity index (χ2n) is 15.2. The van der Waals surface area contributed by atoms with Crippen molar-refractivity contribution >= 4 is 43.1 Å². The van der Waals surface area contributed by atoms with Crippen LogP contribution in [0, 0.1) is 0 Å². The highest BCUT2D eigenvalue weighted by Gasteiger charge is 2.45. The van der Waals surface area contributed by atoms with Crippen molar-refractivity contribution in [2.75, 3.05) is 0 Å². The molecular weight excluding hydrogens is 631 g/mol. The molecule has 9 aromatic rings. The van der Waals surface area contributed by atoms with Gasteiger partial charge in [0, 0.05) is 16.7 Å². The van der Waals surface area contributed by atoms with Crippen LogP contribution < -0.4 is 0 Å². The lowest BCUT2D eigenvalue weighted by atomic mass is 9.55. The van der Waals surface area contributed by atoms with Crippen LogP contribution in [-0.4, -0.2) is 15.0 Å². The van der Waals surface area contributed by atoms with Gasteiger partial charge in [0.15, 0.2) is 17.5 Å². The van der Waals surface area contributed by atoms with E-state index < -0.39 is 0 Å². The van der Waals surface area contributed by atoms with Crippen LogP contribution in [0.15, 0.2) is 152 Å². The lowest BCUT2D eigenvalue weighted by molar-refractivity contribution is 0.299. The average Bonchev–Trinajstić information content (AvgIpc) is 3.19. The van der Waals surface area contributed by atoms with E-state index in [9.17, 15) is 0 Å². The van der Waals surface area contributed by atoms with Crippen LogP contribution in [0.5, 0.6) is 0 Å². The molecule has 0 spiro atoms. The number of hydrogen-bond donors (Lipinski definition) is 0. The molecule has 0 unspecified atom stereocenters. The van der Waals surface area contributed by atoms with Crippen LogP contribution in [0.1, 0.15) is 38.8 Å². The normalized spacial score (nSPS) is 14.5. The van der Waals surface area contributed by atoms with E-state index in [0.717, 1.165) is 27.5 Å². The van der Waals surface area contributed by atoms with Gasteiger partial charge in [-0.05, 0) is 88.3 Å². The first-order valence-corrected chi connectivity index (χ1v) is 18.1. The Morgan fingerprint density at radius 1 is 0.346 bits per heavy atom. The van der Waals surface area contributed by atoms with E-state index in [2.05, 4.69) is 161 Å². The Morgan fingerprint density at radius 3 is 1.77 bits per heavy atom. The van der Waals surface area contributed by atoms with Crippen LogP contribution in [0.4, 0.5) is 0 Å². The van der Waals surface area contributed by atoms with E-state index in [1.54, 1.807) is 0 Å². The third kappa shape index (κ3) is 4.42. The highest BCUT2D eigenvalue weighted by Crippen LogP contribution is 2.54. The molecule has 0 saturated carbocycles. The number of fused-ring (bicyclic) bond motifs is 10. The summed E-state index contributed by atoms with van der Waals surface area (Å²) in [6.07, 6.45) is 0. The smallest absolute Gasteiger partial charge is 0.164 e. The highest BCUT2D eigenvalue weighted by atomic mass is 15.0. The van der Waals surface area contributed by atoms with Crippen molar-refractivity contribution in [3.63, 3.8) is 0 Å². The third-order valence-electron chi connectivity index (χ3n) is 12.1. The lowest BCUT2D eigenvalue weighted by Gasteiger charge is -2.48. The number of aromatic nitrogens is 3. The maximum atomic E-state index is 5.34. The second-order valence-corrected chi connectivity index (χ2v) is 15.2. The fraction of sp³-hybridized carbons (Fsp3) is 0.122. The molecule has 1 aliphatic carbocycles. The van der Waals surface area contributed by atoms with Gasteiger partial charge in [-0.25, -0.2) is 15.0 Å². The molecule has 0 N–H and O–H groups in total. The van der Waals surface area contributed by atoms with Crippen LogP contribution in [0.2, 0.25) is 0 Å². The van der Waals surface area contributed by atoms with E-state index in [0.29, 0.717) is 17.5 Å². The van der Waals surface area contributed by atoms with Gasteiger partial charge in [-0.3, -0.25) is 0 Å². The van der Waals surface area contributed by atoms with E-state index in [4.69, 9.17) is 15.0 Å². The van der Waals surface area contributed by atoms with Crippen LogP contribution in [0.25, 0.3) is 88.4 Å². The first-order valence-electron chi connectivity index (χ1n) is 18.1. The molecule has 0 atom stereocenters. The minimum atomic E-state index is -0.134. The Hall–Kier alpha value is -6.19. The maximum Gasteiger partial charge on any atom is 0.164 e. The summed E-state index contributed by atoms with van der Waals surface area (Å²) in [5.74, 6) is 2.01. The summed E-state index contributed by atoms with van der Waals surface area (Å²) in [4.78, 5) is 15.8. The Balaban J connectivity index is 1.25. The van der Waals surface area contributed by atoms with Gasteiger partial charge in [0.05, 0.1) is 0 Å². The van der Waals surface area contributed by atoms with Gasteiger partial charge in [0.2, 0.25) is 0 Å². The summed E-state index contributed by atoms with van der Waals surface area (Å²) < 4.78 is 0. The standard InChI is InChI=1S/C49H37N3/c1-48(2)42-21-13-12-20-37(42)38-24-23-33(29-43(38)49(48,3)4)46-50-45(31-15-6-5-7-16-31)51-47(52-46)41-28-32-17-9-11-19-35(32)44-39-25-22-30-14-8-10-18-34(30)36(39)26-27-40(41)44/h5-29H,1-4H3. The summed E-state index contributed by atoms with van der Waals surface area (Å²) in [6, 6.07) is 54.5. The van der Waals surface area contributed by atoms with Gasteiger partial charge in [0.25, 0.3) is 0 Å². The first kappa shape index (κ1) is 30.6. The second kappa shape index (κ2) is 11.2. The van der Waals surface area contributed by atoms with Gasteiger partial charge >= 0.3 is 0 Å². The lowest BCUT2D eigenvalue weighted by Crippen LogP contribution is -2.43. The molecule has 1 heterocycles. The quantitative estimate of drug-likeness (QED) is 0.176. The monoisotopic (exact) mass is 667 g/mol. The summed E-state index contributed by atoms with van der Waals surface area (Å²) in [5, 5.41) is 9.70. The van der Waals surface area contributed by atoms with Crippen molar-refractivity contribution in [1.29, 1.82) is 0 Å². The van der Waals surface area contributed by atoms with Gasteiger partial charge < -0.3 is 0 Å². The summed E-state index contributed by atoms with van der Waals surface area (Å²) in [5.41, 5.74) is 8.02. The van der Waals surface area contributed by atoms with Crippen molar-refractivity contribution in [3.8, 4) is 45.3 Å². The first-order chi connectivity index (χ1) is 25.3. The van der Waals surface area contributed by atoms with Crippen LogP contribution in [-0.2, 0) is 10.8 Å². The van der Waals surface area contributed by atoms with E-state index >= 15 is 0 Å². The molecule has 0 aliphatic heterocycles. The third-order valence-corrected chi connectivity index (χ3v) is 12.1. The molecule has 1 aromatic heterocycles. The molecule has 52 heavy (non-hydrogen) atoms. The van der Waals surface area contributed by atoms with Crippen LogP contribution in [0.3, 0.4) is 0 Å². The van der Waals surface area contributed by atoms with Crippen molar-refractivity contribution in [2.45, 2.75) is 38.5 Å². The van der Waals surface area contributed by atoms with Crippen LogP contribution >= 0.6 is 0 Å². The minimum absolute atomic E-state index is 0.0766. The topological polar surface area (TPSA) is 38.7 Å². The number of nitrogens with zero attached hydrogens (tertiary/aromatic N) is 3. The fourth-order valence-corrected chi connectivity index (χ4v) is 8.59. The number of rotatable bonds is 3. The number of benzene rings is 8. The Morgan fingerprint density at radius 2 is 0.942 bits per heavy atom. The Kier molecular flexibility index (Phi) is 6.57. The molecule has 3 nitrogen and oxygen atoms in total. The van der Waals surface area contributed by atoms with E-state index in [1.165, 1.54) is 54.6 Å². The molecule has 248 valence electrons. The van der Waals surface area contributed by atoms with E-state index in [-0.39, 0.29) is 10.8 Å². The highest BCUT2D eigenvalue weighted by molar-refractivity contribution is 6.27. The van der Waals surface area contributed by atoms with Gasteiger partial charge in [-0.1, -0.05) is 167 Å². The zero-order valence-electron chi connectivity index (χ0n) is 29.8. The molecule has 0 radical (unpaired) electrons. The van der Waals surface area contributed by atoms with E-state index in [1.807, 2.05) is 18.2 Å². The van der Waals surface area contributed by atoms with Crippen molar-refractivity contribution in [3.05, 3.63) is 163 Å². The van der Waals surface area contributed by atoms with Crippen molar-refractivity contribution < 1.29 is 0 Å². The largest absolute Gasteiger partial charge is 0.208 e. The molecule has 8 aromatic carbocycles. The predicted molar refractivity (Wildman–Crippen MR) is 218 cm³/mol. The molecule has 0 bridgehead atoms. The Labute approximate surface area is 303 Å². The summed E-state index contributed by atoms with van der Waals surface area (Å²) in [7, 11) is 0. The molecule has 0 saturated heterocycles. The summed E-state index contributed by atoms with van der Waals surface area (Å²) >= 11 is 0. The molecule has 0 amide bonds. The zero-order valence-corrected chi connectivity index (χ0v) is 29.8. The molecule has 10 rings (SSSR count). The molecule has 3 heteroatoms. The fourth-order valence-electron chi connectivity index (χ4n) is 8.59.